The molecule has 3 nitrogen and oxygen atoms in total. The van der Waals surface area contributed by atoms with Crippen molar-refractivity contribution in [1.82, 2.24) is 14.9 Å². The molecule has 0 aromatic carbocycles. The highest BCUT2D eigenvalue weighted by Gasteiger charge is 2.16. The van der Waals surface area contributed by atoms with Crippen LogP contribution in [0.5, 0.6) is 0 Å². The molecular formula is C13H25N3S. The van der Waals surface area contributed by atoms with Gasteiger partial charge in [0, 0.05) is 31.2 Å². The Labute approximate surface area is 109 Å². The van der Waals surface area contributed by atoms with Crippen molar-refractivity contribution < 1.29 is 0 Å². The second-order valence-corrected chi connectivity index (χ2v) is 5.57. The molecule has 0 radical (unpaired) electrons. The average Bonchev–Trinajstić information content (AvgIpc) is 2.74. The highest BCUT2D eigenvalue weighted by molar-refractivity contribution is 7.99. The molecule has 1 N–H and O–H groups in total. The van der Waals surface area contributed by atoms with Gasteiger partial charge in [0.1, 0.15) is 0 Å². The molecule has 1 heterocycles. The highest BCUT2D eigenvalue weighted by atomic mass is 32.2. The number of aromatic nitrogens is 2. The first-order valence-electron chi connectivity index (χ1n) is 6.52. The van der Waals surface area contributed by atoms with Crippen LogP contribution < -0.4 is 5.32 Å². The van der Waals surface area contributed by atoms with Crippen LogP contribution in [0.1, 0.15) is 33.6 Å². The minimum absolute atomic E-state index is 0.585. The number of aryl methyl sites for hydroxylation is 1. The molecule has 0 spiro atoms. The van der Waals surface area contributed by atoms with E-state index < -0.39 is 0 Å². The standard InChI is InChI=1S/C13H25N3S/c1-5-7-14-12(11(3)6-2)10-17-13-15-8-9-16(13)4/h8-9,11-12,14H,5-7,10H2,1-4H3. The van der Waals surface area contributed by atoms with E-state index in [0.29, 0.717) is 12.0 Å². The molecule has 0 amide bonds. The van der Waals surface area contributed by atoms with E-state index in [1.165, 1.54) is 12.8 Å². The van der Waals surface area contributed by atoms with Crippen LogP contribution >= 0.6 is 11.8 Å². The predicted octanol–water partition coefficient (Wildman–Crippen LogP) is 2.93. The van der Waals surface area contributed by atoms with Crippen molar-refractivity contribution in [2.24, 2.45) is 13.0 Å². The summed E-state index contributed by atoms with van der Waals surface area (Å²) in [5, 5.41) is 4.75. The van der Waals surface area contributed by atoms with E-state index in [9.17, 15) is 0 Å². The van der Waals surface area contributed by atoms with Crippen LogP contribution in [0.4, 0.5) is 0 Å². The maximum Gasteiger partial charge on any atom is 0.167 e. The Morgan fingerprint density at radius 1 is 1.47 bits per heavy atom. The summed E-state index contributed by atoms with van der Waals surface area (Å²) in [5.41, 5.74) is 0. The van der Waals surface area contributed by atoms with Crippen molar-refractivity contribution >= 4 is 11.8 Å². The quantitative estimate of drug-likeness (QED) is 0.724. The zero-order valence-electron chi connectivity index (χ0n) is 11.4. The smallest absolute Gasteiger partial charge is 0.167 e. The molecule has 2 atom stereocenters. The van der Waals surface area contributed by atoms with Gasteiger partial charge in [0.25, 0.3) is 0 Å². The number of thioether (sulfide) groups is 1. The van der Waals surface area contributed by atoms with Gasteiger partial charge in [-0.15, -0.1) is 0 Å². The van der Waals surface area contributed by atoms with Crippen molar-refractivity contribution in [3.05, 3.63) is 12.4 Å². The van der Waals surface area contributed by atoms with Gasteiger partial charge in [0.2, 0.25) is 0 Å². The van der Waals surface area contributed by atoms with Crippen molar-refractivity contribution in [1.29, 1.82) is 0 Å². The zero-order chi connectivity index (χ0) is 12.7. The van der Waals surface area contributed by atoms with E-state index in [-0.39, 0.29) is 0 Å². The number of rotatable bonds is 8. The second kappa shape index (κ2) is 7.77. The SMILES string of the molecule is CCCNC(CSc1nccn1C)C(C)CC. The summed E-state index contributed by atoms with van der Waals surface area (Å²) in [6.45, 7) is 7.91. The number of hydrogen-bond donors (Lipinski definition) is 1. The number of imidazole rings is 1. The third-order valence-electron chi connectivity index (χ3n) is 3.16. The number of hydrogen-bond acceptors (Lipinski definition) is 3. The van der Waals surface area contributed by atoms with E-state index >= 15 is 0 Å². The van der Waals surface area contributed by atoms with Crippen molar-refractivity contribution in [2.75, 3.05) is 12.3 Å². The Balaban J connectivity index is 2.45. The molecule has 0 aliphatic heterocycles. The molecular weight excluding hydrogens is 230 g/mol. The normalized spacial score (nSPS) is 14.8. The Morgan fingerprint density at radius 2 is 2.24 bits per heavy atom. The molecule has 0 aliphatic carbocycles. The summed E-state index contributed by atoms with van der Waals surface area (Å²) in [5.74, 6) is 1.81. The molecule has 0 saturated carbocycles. The fourth-order valence-electron chi connectivity index (χ4n) is 1.69. The fraction of sp³-hybridized carbons (Fsp3) is 0.769. The molecule has 0 aliphatic rings. The van der Waals surface area contributed by atoms with Gasteiger partial charge < -0.3 is 9.88 Å². The van der Waals surface area contributed by atoms with E-state index in [0.717, 1.165) is 17.5 Å². The molecule has 98 valence electrons. The maximum atomic E-state index is 4.35. The van der Waals surface area contributed by atoms with Gasteiger partial charge >= 0.3 is 0 Å². The number of nitrogens with one attached hydrogen (secondary N) is 1. The first-order valence-corrected chi connectivity index (χ1v) is 7.51. The van der Waals surface area contributed by atoms with Crippen molar-refractivity contribution in [3.8, 4) is 0 Å². The summed E-state index contributed by atoms with van der Waals surface area (Å²) in [6.07, 6.45) is 6.28. The van der Waals surface area contributed by atoms with Gasteiger partial charge in [-0.3, -0.25) is 0 Å². The molecule has 1 rings (SSSR count). The lowest BCUT2D eigenvalue weighted by molar-refractivity contribution is 0.396. The average molecular weight is 255 g/mol. The second-order valence-electron chi connectivity index (χ2n) is 4.58. The van der Waals surface area contributed by atoms with Crippen molar-refractivity contribution in [3.63, 3.8) is 0 Å². The number of nitrogens with zero attached hydrogens (tertiary/aromatic N) is 2. The Morgan fingerprint density at radius 3 is 2.76 bits per heavy atom. The van der Waals surface area contributed by atoms with Crippen LogP contribution in [0.3, 0.4) is 0 Å². The summed E-state index contributed by atoms with van der Waals surface area (Å²) in [7, 11) is 2.05. The van der Waals surface area contributed by atoms with Crippen LogP contribution in [0, 0.1) is 5.92 Å². The molecule has 2 unspecified atom stereocenters. The van der Waals surface area contributed by atoms with E-state index in [2.05, 4.69) is 35.6 Å². The van der Waals surface area contributed by atoms with Gasteiger partial charge in [-0.2, -0.15) is 0 Å². The fourth-order valence-corrected chi connectivity index (χ4v) is 2.87. The lowest BCUT2D eigenvalue weighted by Crippen LogP contribution is -2.37. The van der Waals surface area contributed by atoms with Crippen LogP contribution in [0.2, 0.25) is 0 Å². The third kappa shape index (κ3) is 4.72. The zero-order valence-corrected chi connectivity index (χ0v) is 12.3. The van der Waals surface area contributed by atoms with Crippen LogP contribution in [-0.2, 0) is 7.05 Å². The molecule has 0 saturated heterocycles. The first-order chi connectivity index (χ1) is 8.19. The summed E-state index contributed by atoms with van der Waals surface area (Å²) < 4.78 is 2.08. The molecule has 0 fully saturated rings. The topological polar surface area (TPSA) is 29.9 Å². The Bertz CT molecular complexity index is 311. The van der Waals surface area contributed by atoms with Crippen molar-refractivity contribution in [2.45, 2.75) is 44.8 Å². The largest absolute Gasteiger partial charge is 0.329 e. The van der Waals surface area contributed by atoms with Gasteiger partial charge in [0.05, 0.1) is 0 Å². The maximum absolute atomic E-state index is 4.35. The van der Waals surface area contributed by atoms with Crippen LogP contribution in [0.15, 0.2) is 17.6 Å². The predicted molar refractivity (Wildman–Crippen MR) is 75.5 cm³/mol. The minimum atomic E-state index is 0.585. The summed E-state index contributed by atoms with van der Waals surface area (Å²) >= 11 is 1.85. The van der Waals surface area contributed by atoms with Gasteiger partial charge in [-0.25, -0.2) is 4.98 Å². The Kier molecular flexibility index (Phi) is 6.66. The molecule has 1 aromatic rings. The van der Waals surface area contributed by atoms with Crippen LogP contribution in [0.25, 0.3) is 0 Å². The Hall–Kier alpha value is -0.480. The molecule has 4 heteroatoms. The lowest BCUT2D eigenvalue weighted by Gasteiger charge is -2.23. The highest BCUT2D eigenvalue weighted by Crippen LogP contribution is 2.19. The van der Waals surface area contributed by atoms with Gasteiger partial charge in [-0.05, 0) is 18.9 Å². The van der Waals surface area contributed by atoms with E-state index in [4.69, 9.17) is 0 Å². The lowest BCUT2D eigenvalue weighted by atomic mass is 10.0. The van der Waals surface area contributed by atoms with Gasteiger partial charge in [0.15, 0.2) is 5.16 Å². The monoisotopic (exact) mass is 255 g/mol. The molecule has 1 aromatic heterocycles. The third-order valence-corrected chi connectivity index (χ3v) is 4.33. The van der Waals surface area contributed by atoms with E-state index in [1.807, 2.05) is 31.2 Å². The van der Waals surface area contributed by atoms with Gasteiger partial charge in [-0.1, -0.05) is 39.0 Å². The van der Waals surface area contributed by atoms with E-state index in [1.54, 1.807) is 0 Å². The minimum Gasteiger partial charge on any atom is -0.329 e. The molecule has 0 bridgehead atoms. The van der Waals surface area contributed by atoms with Crippen LogP contribution in [-0.4, -0.2) is 27.9 Å². The molecule has 17 heavy (non-hydrogen) atoms. The first kappa shape index (κ1) is 14.6. The summed E-state index contributed by atoms with van der Waals surface area (Å²) in [4.78, 5) is 4.35. The summed E-state index contributed by atoms with van der Waals surface area (Å²) in [6, 6.07) is 0.585.